The summed E-state index contributed by atoms with van der Waals surface area (Å²) in [5.41, 5.74) is 4.35. The van der Waals surface area contributed by atoms with Crippen molar-refractivity contribution in [2.75, 3.05) is 18.9 Å². The molecule has 2 amide bonds. The molecule has 2 rings (SSSR count). The van der Waals surface area contributed by atoms with Crippen LogP contribution in [-0.4, -0.2) is 24.5 Å². The van der Waals surface area contributed by atoms with Gasteiger partial charge in [-0.3, -0.25) is 0 Å². The molecule has 0 saturated heterocycles. The van der Waals surface area contributed by atoms with E-state index in [0.29, 0.717) is 6.54 Å². The van der Waals surface area contributed by atoms with Crippen LogP contribution in [0.1, 0.15) is 16.7 Å². The first kappa shape index (κ1) is 16.8. The monoisotopic (exact) mass is 408 g/mol. The standard InChI is InChI=1S/C18H21IN2O/c1-13-7-6-8-14(2)17(13)20-18(22)21(3)12-11-15-9-4-5-10-16(15)19/h4-10H,11-12H2,1-3H3,(H,20,22). The molecule has 22 heavy (non-hydrogen) atoms. The average molecular weight is 408 g/mol. The van der Waals surface area contributed by atoms with Gasteiger partial charge in [-0.25, -0.2) is 4.79 Å². The highest BCUT2D eigenvalue weighted by atomic mass is 127. The number of rotatable bonds is 4. The summed E-state index contributed by atoms with van der Waals surface area (Å²) < 4.78 is 1.24. The van der Waals surface area contributed by atoms with Gasteiger partial charge in [0.15, 0.2) is 0 Å². The Morgan fingerprint density at radius 2 is 1.73 bits per heavy atom. The average Bonchev–Trinajstić information content (AvgIpc) is 2.49. The van der Waals surface area contributed by atoms with E-state index in [1.165, 1.54) is 9.13 Å². The number of hydrogen-bond donors (Lipinski definition) is 1. The van der Waals surface area contributed by atoms with E-state index in [0.717, 1.165) is 23.2 Å². The number of aryl methyl sites for hydroxylation is 2. The fourth-order valence-corrected chi connectivity index (χ4v) is 2.96. The van der Waals surface area contributed by atoms with Gasteiger partial charge in [0, 0.05) is 22.8 Å². The van der Waals surface area contributed by atoms with Gasteiger partial charge in [-0.05, 0) is 65.6 Å². The zero-order valence-corrected chi connectivity index (χ0v) is 15.3. The predicted octanol–water partition coefficient (Wildman–Crippen LogP) is 4.61. The molecular weight excluding hydrogens is 387 g/mol. The van der Waals surface area contributed by atoms with E-state index >= 15 is 0 Å². The minimum absolute atomic E-state index is 0.0664. The van der Waals surface area contributed by atoms with Gasteiger partial charge in [0.05, 0.1) is 0 Å². The first-order chi connectivity index (χ1) is 10.5. The van der Waals surface area contributed by atoms with E-state index in [2.05, 4.69) is 40.0 Å². The fraction of sp³-hybridized carbons (Fsp3) is 0.278. The Hall–Kier alpha value is -1.56. The van der Waals surface area contributed by atoms with Gasteiger partial charge < -0.3 is 10.2 Å². The Morgan fingerprint density at radius 3 is 2.36 bits per heavy atom. The quantitative estimate of drug-likeness (QED) is 0.737. The molecular formula is C18H21IN2O. The summed E-state index contributed by atoms with van der Waals surface area (Å²) in [6.45, 7) is 4.71. The van der Waals surface area contributed by atoms with Crippen LogP contribution in [-0.2, 0) is 6.42 Å². The van der Waals surface area contributed by atoms with E-state index in [4.69, 9.17) is 0 Å². The number of urea groups is 1. The Kier molecular flexibility index (Phi) is 5.83. The molecule has 0 aliphatic heterocycles. The number of carbonyl (C=O) groups is 1. The number of likely N-dealkylation sites (N-methyl/N-ethyl adjacent to an activating group) is 1. The molecule has 4 heteroatoms. The minimum atomic E-state index is -0.0664. The lowest BCUT2D eigenvalue weighted by Crippen LogP contribution is -2.33. The molecule has 116 valence electrons. The highest BCUT2D eigenvalue weighted by Gasteiger charge is 2.12. The molecule has 0 bridgehead atoms. The molecule has 0 radical (unpaired) electrons. The summed E-state index contributed by atoms with van der Waals surface area (Å²) in [6.07, 6.45) is 0.857. The van der Waals surface area contributed by atoms with E-state index < -0.39 is 0 Å². The largest absolute Gasteiger partial charge is 0.327 e. The van der Waals surface area contributed by atoms with Crippen molar-refractivity contribution in [1.82, 2.24) is 4.90 Å². The summed E-state index contributed by atoms with van der Waals surface area (Å²) >= 11 is 2.33. The molecule has 0 unspecified atom stereocenters. The molecule has 0 heterocycles. The van der Waals surface area contributed by atoms with Gasteiger partial charge in [-0.2, -0.15) is 0 Å². The number of para-hydroxylation sites is 1. The van der Waals surface area contributed by atoms with Gasteiger partial charge >= 0.3 is 6.03 Å². The van der Waals surface area contributed by atoms with Gasteiger partial charge in [-0.1, -0.05) is 36.4 Å². The second-order valence-electron chi connectivity index (χ2n) is 5.46. The lowest BCUT2D eigenvalue weighted by atomic mass is 10.1. The Bertz CT molecular complexity index is 650. The lowest BCUT2D eigenvalue weighted by Gasteiger charge is -2.20. The van der Waals surface area contributed by atoms with Crippen LogP contribution in [0.3, 0.4) is 0 Å². The summed E-state index contributed by atoms with van der Waals surface area (Å²) in [7, 11) is 1.83. The predicted molar refractivity (Wildman–Crippen MR) is 100 cm³/mol. The highest BCUT2D eigenvalue weighted by molar-refractivity contribution is 14.1. The van der Waals surface area contributed by atoms with Crippen LogP contribution in [0.25, 0.3) is 0 Å². The Labute approximate surface area is 145 Å². The maximum absolute atomic E-state index is 12.3. The van der Waals surface area contributed by atoms with E-state index in [1.54, 1.807) is 4.90 Å². The molecule has 0 aliphatic rings. The number of halogens is 1. The zero-order chi connectivity index (χ0) is 16.1. The Morgan fingerprint density at radius 1 is 1.09 bits per heavy atom. The number of nitrogens with one attached hydrogen (secondary N) is 1. The van der Waals surface area contributed by atoms with Gasteiger partial charge in [-0.15, -0.1) is 0 Å². The van der Waals surface area contributed by atoms with Crippen molar-refractivity contribution in [2.45, 2.75) is 20.3 Å². The number of hydrogen-bond acceptors (Lipinski definition) is 1. The topological polar surface area (TPSA) is 32.3 Å². The first-order valence-electron chi connectivity index (χ1n) is 7.31. The van der Waals surface area contributed by atoms with Gasteiger partial charge in [0.2, 0.25) is 0 Å². The van der Waals surface area contributed by atoms with Crippen LogP contribution in [0.15, 0.2) is 42.5 Å². The molecule has 0 atom stereocenters. The zero-order valence-electron chi connectivity index (χ0n) is 13.2. The summed E-state index contributed by atoms with van der Waals surface area (Å²) in [6, 6.07) is 14.2. The third-order valence-electron chi connectivity index (χ3n) is 3.73. The SMILES string of the molecule is Cc1cccc(C)c1NC(=O)N(C)CCc1ccccc1I. The molecule has 2 aromatic rings. The highest BCUT2D eigenvalue weighted by Crippen LogP contribution is 2.20. The number of benzene rings is 2. The normalized spacial score (nSPS) is 10.4. The third-order valence-corrected chi connectivity index (χ3v) is 4.79. The van der Waals surface area contributed by atoms with Crippen molar-refractivity contribution >= 4 is 34.3 Å². The number of amides is 2. The van der Waals surface area contributed by atoms with Crippen molar-refractivity contribution < 1.29 is 4.79 Å². The maximum atomic E-state index is 12.3. The minimum Gasteiger partial charge on any atom is -0.327 e. The molecule has 0 saturated carbocycles. The maximum Gasteiger partial charge on any atom is 0.321 e. The lowest BCUT2D eigenvalue weighted by molar-refractivity contribution is 0.223. The second-order valence-corrected chi connectivity index (χ2v) is 6.62. The third kappa shape index (κ3) is 4.22. The summed E-state index contributed by atoms with van der Waals surface area (Å²) in [5, 5.41) is 3.01. The van der Waals surface area contributed by atoms with E-state index in [9.17, 15) is 4.79 Å². The molecule has 0 fully saturated rings. The van der Waals surface area contributed by atoms with Crippen molar-refractivity contribution in [2.24, 2.45) is 0 Å². The smallest absolute Gasteiger partial charge is 0.321 e. The molecule has 3 nitrogen and oxygen atoms in total. The number of anilines is 1. The summed E-state index contributed by atoms with van der Waals surface area (Å²) in [5.74, 6) is 0. The van der Waals surface area contributed by atoms with Crippen molar-refractivity contribution in [1.29, 1.82) is 0 Å². The van der Waals surface area contributed by atoms with Crippen molar-refractivity contribution in [3.63, 3.8) is 0 Å². The molecule has 0 spiro atoms. The van der Waals surface area contributed by atoms with Gasteiger partial charge in [0.1, 0.15) is 0 Å². The van der Waals surface area contributed by atoms with Crippen LogP contribution in [0.2, 0.25) is 0 Å². The molecule has 2 aromatic carbocycles. The Balaban J connectivity index is 1.97. The van der Waals surface area contributed by atoms with Crippen molar-refractivity contribution in [3.8, 4) is 0 Å². The summed E-state index contributed by atoms with van der Waals surface area (Å²) in [4.78, 5) is 14.1. The van der Waals surface area contributed by atoms with Crippen LogP contribution in [0.4, 0.5) is 10.5 Å². The molecule has 0 aromatic heterocycles. The van der Waals surface area contributed by atoms with Gasteiger partial charge in [0.25, 0.3) is 0 Å². The fourth-order valence-electron chi connectivity index (χ4n) is 2.30. The van der Waals surface area contributed by atoms with Crippen LogP contribution in [0, 0.1) is 17.4 Å². The number of nitrogens with zero attached hydrogens (tertiary/aromatic N) is 1. The van der Waals surface area contributed by atoms with Crippen LogP contribution in [0.5, 0.6) is 0 Å². The first-order valence-corrected chi connectivity index (χ1v) is 8.38. The molecule has 1 N–H and O–H groups in total. The van der Waals surface area contributed by atoms with E-state index in [1.807, 2.05) is 51.2 Å². The second kappa shape index (κ2) is 7.63. The van der Waals surface area contributed by atoms with E-state index in [-0.39, 0.29) is 6.03 Å². The van der Waals surface area contributed by atoms with Crippen molar-refractivity contribution in [3.05, 3.63) is 62.7 Å². The number of carbonyl (C=O) groups excluding carboxylic acids is 1. The van der Waals surface area contributed by atoms with Crippen LogP contribution >= 0.6 is 22.6 Å². The molecule has 0 aliphatic carbocycles. The van der Waals surface area contributed by atoms with Crippen LogP contribution < -0.4 is 5.32 Å².